The van der Waals surface area contributed by atoms with E-state index in [0.29, 0.717) is 28.4 Å². The molecule has 0 saturated carbocycles. The van der Waals surface area contributed by atoms with Gasteiger partial charge in [0.1, 0.15) is 5.70 Å². The normalized spacial score (nSPS) is 14.6. The Bertz CT molecular complexity index is 827. The Labute approximate surface area is 152 Å². The first-order valence-corrected chi connectivity index (χ1v) is 8.53. The van der Waals surface area contributed by atoms with Crippen LogP contribution in [0, 0.1) is 5.92 Å². The van der Waals surface area contributed by atoms with Crippen molar-refractivity contribution in [1.82, 2.24) is 4.90 Å². The molecule has 0 spiro atoms. The van der Waals surface area contributed by atoms with E-state index in [0.717, 1.165) is 5.69 Å². The molecule has 3 rings (SSSR count). The maximum absolute atomic E-state index is 12.9. The van der Waals surface area contributed by atoms with Gasteiger partial charge >= 0.3 is 0 Å². The molecule has 0 unspecified atom stereocenters. The number of nitrogens with zero attached hydrogens (tertiary/aromatic N) is 1. The van der Waals surface area contributed by atoms with Crippen LogP contribution >= 0.6 is 11.6 Å². The lowest BCUT2D eigenvalue weighted by Crippen LogP contribution is -2.35. The summed E-state index contributed by atoms with van der Waals surface area (Å²) in [5.74, 6) is -0.387. The predicted molar refractivity (Wildman–Crippen MR) is 100.0 cm³/mol. The van der Waals surface area contributed by atoms with Crippen LogP contribution < -0.4 is 5.32 Å². The first kappa shape index (κ1) is 17.2. The van der Waals surface area contributed by atoms with E-state index in [4.69, 9.17) is 11.6 Å². The van der Waals surface area contributed by atoms with Gasteiger partial charge in [-0.25, -0.2) is 0 Å². The molecule has 0 saturated heterocycles. The number of imide groups is 1. The maximum atomic E-state index is 12.9. The highest BCUT2D eigenvalue weighted by Gasteiger charge is 2.39. The molecule has 25 heavy (non-hydrogen) atoms. The van der Waals surface area contributed by atoms with Gasteiger partial charge in [-0.3, -0.25) is 14.5 Å². The number of benzene rings is 2. The van der Waals surface area contributed by atoms with Crippen molar-refractivity contribution in [2.45, 2.75) is 13.8 Å². The van der Waals surface area contributed by atoms with Crippen LogP contribution in [0.5, 0.6) is 0 Å². The third kappa shape index (κ3) is 3.59. The number of para-hydroxylation sites is 1. The second-order valence-corrected chi connectivity index (χ2v) is 6.80. The number of hydrogen-bond donors (Lipinski definition) is 1. The Hall–Kier alpha value is -2.59. The van der Waals surface area contributed by atoms with Crippen molar-refractivity contribution in [3.63, 3.8) is 0 Å². The van der Waals surface area contributed by atoms with Gasteiger partial charge in [-0.2, -0.15) is 0 Å². The number of amides is 2. The molecule has 1 N–H and O–H groups in total. The fraction of sp³-hybridized carbons (Fsp3) is 0.200. The van der Waals surface area contributed by atoms with Crippen LogP contribution in [0.3, 0.4) is 0 Å². The zero-order valence-corrected chi connectivity index (χ0v) is 14.9. The standard InChI is InChI=1S/C20H19ClN2O2/c1-13(2)12-23-19(24)17(14-8-10-15(21)11-9-14)18(20(23)25)22-16-6-4-3-5-7-16/h3-11,13,22H,12H2,1-2H3. The van der Waals surface area contributed by atoms with Gasteiger partial charge in [0.2, 0.25) is 0 Å². The number of hydrogen-bond acceptors (Lipinski definition) is 3. The van der Waals surface area contributed by atoms with E-state index >= 15 is 0 Å². The topological polar surface area (TPSA) is 49.4 Å². The van der Waals surface area contributed by atoms with Crippen LogP contribution in [0.2, 0.25) is 5.02 Å². The molecule has 1 aliphatic heterocycles. The maximum Gasteiger partial charge on any atom is 0.278 e. The molecular weight excluding hydrogens is 336 g/mol. The van der Waals surface area contributed by atoms with Gasteiger partial charge in [-0.1, -0.05) is 55.8 Å². The van der Waals surface area contributed by atoms with Crippen LogP contribution in [0.25, 0.3) is 5.57 Å². The van der Waals surface area contributed by atoms with Gasteiger partial charge in [-0.05, 0) is 35.7 Å². The molecule has 0 fully saturated rings. The predicted octanol–water partition coefficient (Wildman–Crippen LogP) is 4.19. The highest BCUT2D eigenvalue weighted by Crippen LogP contribution is 2.31. The monoisotopic (exact) mass is 354 g/mol. The molecule has 0 aromatic heterocycles. The van der Waals surface area contributed by atoms with E-state index in [1.54, 1.807) is 24.3 Å². The molecule has 0 atom stereocenters. The number of rotatable bonds is 5. The lowest BCUT2D eigenvalue weighted by molar-refractivity contribution is -0.137. The fourth-order valence-electron chi connectivity index (χ4n) is 2.77. The minimum absolute atomic E-state index is 0.190. The molecule has 0 radical (unpaired) electrons. The lowest BCUT2D eigenvalue weighted by atomic mass is 10.0. The highest BCUT2D eigenvalue weighted by molar-refractivity contribution is 6.36. The Morgan fingerprint density at radius 1 is 0.960 bits per heavy atom. The van der Waals surface area contributed by atoms with Crippen molar-refractivity contribution in [3.8, 4) is 0 Å². The second kappa shape index (κ2) is 7.11. The summed E-state index contributed by atoms with van der Waals surface area (Å²) in [6.45, 7) is 4.34. The van der Waals surface area contributed by atoms with Crippen LogP contribution in [0.4, 0.5) is 5.69 Å². The Morgan fingerprint density at radius 3 is 2.20 bits per heavy atom. The molecule has 2 aromatic carbocycles. The van der Waals surface area contributed by atoms with Crippen LogP contribution in [0.15, 0.2) is 60.3 Å². The van der Waals surface area contributed by atoms with Crippen molar-refractivity contribution in [2.24, 2.45) is 5.92 Å². The van der Waals surface area contributed by atoms with Gasteiger partial charge in [0, 0.05) is 17.3 Å². The SMILES string of the molecule is CC(C)CN1C(=O)C(Nc2ccccc2)=C(c2ccc(Cl)cc2)C1=O. The molecule has 0 bridgehead atoms. The van der Waals surface area contributed by atoms with Gasteiger partial charge in [0.25, 0.3) is 11.8 Å². The minimum atomic E-state index is -0.299. The summed E-state index contributed by atoms with van der Waals surface area (Å²) in [5.41, 5.74) is 2.12. The van der Waals surface area contributed by atoms with Crippen molar-refractivity contribution in [1.29, 1.82) is 0 Å². The highest BCUT2D eigenvalue weighted by atomic mass is 35.5. The number of anilines is 1. The van der Waals surface area contributed by atoms with Crippen molar-refractivity contribution in [3.05, 3.63) is 70.9 Å². The Morgan fingerprint density at radius 2 is 1.60 bits per heavy atom. The van der Waals surface area contributed by atoms with E-state index in [-0.39, 0.29) is 17.7 Å². The number of nitrogens with one attached hydrogen (secondary N) is 1. The van der Waals surface area contributed by atoms with E-state index in [2.05, 4.69) is 5.32 Å². The summed E-state index contributed by atoms with van der Waals surface area (Å²) in [7, 11) is 0. The summed E-state index contributed by atoms with van der Waals surface area (Å²) in [6.07, 6.45) is 0. The summed E-state index contributed by atoms with van der Waals surface area (Å²) in [5, 5.41) is 3.70. The van der Waals surface area contributed by atoms with E-state index < -0.39 is 0 Å². The molecular formula is C20H19ClN2O2. The van der Waals surface area contributed by atoms with Gasteiger partial charge in [-0.15, -0.1) is 0 Å². The van der Waals surface area contributed by atoms with E-state index in [1.807, 2.05) is 44.2 Å². The lowest BCUT2D eigenvalue weighted by Gasteiger charge is -2.17. The third-order valence-electron chi connectivity index (χ3n) is 3.89. The molecule has 5 heteroatoms. The Kier molecular flexibility index (Phi) is 4.91. The van der Waals surface area contributed by atoms with E-state index in [1.165, 1.54) is 4.90 Å². The van der Waals surface area contributed by atoms with Crippen LogP contribution in [-0.4, -0.2) is 23.3 Å². The fourth-order valence-corrected chi connectivity index (χ4v) is 2.90. The van der Waals surface area contributed by atoms with Gasteiger partial charge in [0.15, 0.2) is 0 Å². The average Bonchev–Trinajstić information content (AvgIpc) is 2.81. The summed E-state index contributed by atoms with van der Waals surface area (Å²) in [6, 6.07) is 16.3. The van der Waals surface area contributed by atoms with Crippen molar-refractivity contribution >= 4 is 34.7 Å². The molecule has 4 nitrogen and oxygen atoms in total. The third-order valence-corrected chi connectivity index (χ3v) is 4.14. The average molecular weight is 355 g/mol. The van der Waals surface area contributed by atoms with Crippen LogP contribution in [0.1, 0.15) is 19.4 Å². The van der Waals surface area contributed by atoms with Crippen molar-refractivity contribution in [2.75, 3.05) is 11.9 Å². The second-order valence-electron chi connectivity index (χ2n) is 6.36. The zero-order chi connectivity index (χ0) is 18.0. The summed E-state index contributed by atoms with van der Waals surface area (Å²) in [4.78, 5) is 27.1. The van der Waals surface area contributed by atoms with Gasteiger partial charge in [0.05, 0.1) is 5.57 Å². The van der Waals surface area contributed by atoms with Crippen molar-refractivity contribution < 1.29 is 9.59 Å². The Balaban J connectivity index is 2.05. The largest absolute Gasteiger partial charge is 0.350 e. The molecule has 0 aliphatic carbocycles. The smallest absolute Gasteiger partial charge is 0.278 e. The van der Waals surface area contributed by atoms with Gasteiger partial charge < -0.3 is 5.32 Å². The quantitative estimate of drug-likeness (QED) is 0.819. The first-order valence-electron chi connectivity index (χ1n) is 8.16. The number of halogens is 1. The van der Waals surface area contributed by atoms with E-state index in [9.17, 15) is 9.59 Å². The molecule has 1 heterocycles. The van der Waals surface area contributed by atoms with Crippen LogP contribution in [-0.2, 0) is 9.59 Å². The molecule has 128 valence electrons. The number of carbonyl (C=O) groups excluding carboxylic acids is 2. The number of carbonyl (C=O) groups is 2. The molecule has 1 aliphatic rings. The summed E-state index contributed by atoms with van der Waals surface area (Å²) < 4.78 is 0. The minimum Gasteiger partial charge on any atom is -0.350 e. The zero-order valence-electron chi connectivity index (χ0n) is 14.1. The first-order chi connectivity index (χ1) is 12.0. The molecule has 2 aromatic rings. The summed E-state index contributed by atoms with van der Waals surface area (Å²) >= 11 is 5.95. The molecule has 2 amide bonds.